The summed E-state index contributed by atoms with van der Waals surface area (Å²) in [5.41, 5.74) is 1.59. The van der Waals surface area contributed by atoms with Crippen LogP contribution in [0.1, 0.15) is 46.5 Å². The van der Waals surface area contributed by atoms with Crippen LogP contribution >= 0.6 is 0 Å². The van der Waals surface area contributed by atoms with Crippen molar-refractivity contribution in [2.45, 2.75) is 52.6 Å². The fourth-order valence-corrected chi connectivity index (χ4v) is 2.99. The van der Waals surface area contributed by atoms with Crippen LogP contribution in [0.15, 0.2) is 23.8 Å². The molecular weight excluding hydrogens is 212 g/mol. The largest absolute Gasteiger partial charge is 0.458 e. The predicted molar refractivity (Wildman–Crippen MR) is 68.5 cm³/mol. The van der Waals surface area contributed by atoms with Gasteiger partial charge in [0.1, 0.15) is 6.10 Å². The number of carbonyl (C=O) groups excluding carboxylic acids is 1. The van der Waals surface area contributed by atoms with E-state index in [1.807, 2.05) is 0 Å². The van der Waals surface area contributed by atoms with Gasteiger partial charge in [-0.3, -0.25) is 4.79 Å². The van der Waals surface area contributed by atoms with Crippen molar-refractivity contribution in [3.63, 3.8) is 0 Å². The van der Waals surface area contributed by atoms with Crippen molar-refractivity contribution in [3.8, 4) is 0 Å². The topological polar surface area (TPSA) is 26.3 Å². The number of hydrogen-bond acceptors (Lipinski definition) is 2. The molecule has 0 aromatic carbocycles. The molecule has 0 aromatic rings. The summed E-state index contributed by atoms with van der Waals surface area (Å²) < 4.78 is 5.35. The molecule has 0 aromatic heterocycles. The summed E-state index contributed by atoms with van der Waals surface area (Å²) in [6, 6.07) is 0. The second-order valence-electron chi connectivity index (χ2n) is 5.87. The van der Waals surface area contributed by atoms with Gasteiger partial charge in [0, 0.05) is 5.92 Å². The Kier molecular flexibility index (Phi) is 3.41. The lowest BCUT2D eigenvalue weighted by Gasteiger charge is -2.38. The van der Waals surface area contributed by atoms with Crippen molar-refractivity contribution >= 4 is 5.97 Å². The van der Waals surface area contributed by atoms with Crippen molar-refractivity contribution in [1.82, 2.24) is 0 Å². The summed E-state index contributed by atoms with van der Waals surface area (Å²) in [5, 5.41) is 0. The molecule has 0 radical (unpaired) electrons. The van der Waals surface area contributed by atoms with E-state index in [0.717, 1.165) is 19.3 Å². The van der Waals surface area contributed by atoms with Crippen molar-refractivity contribution in [2.24, 2.45) is 11.3 Å². The van der Waals surface area contributed by atoms with Gasteiger partial charge < -0.3 is 4.74 Å². The highest BCUT2D eigenvalue weighted by molar-refractivity contribution is 5.72. The van der Waals surface area contributed by atoms with E-state index in [2.05, 4.69) is 39.0 Å². The molecule has 94 valence electrons. The average Bonchev–Trinajstić information content (AvgIpc) is 2.60. The second kappa shape index (κ2) is 4.67. The number of carbonyl (C=O) groups is 1. The molecule has 2 aliphatic rings. The standard InChI is InChI=1S/C15H22O2/c1-11(2)6-4-8-15(3)9-5-7-13-12(15)10-14(16)17-13/h5-7,12-13H,4,8-10H2,1-3H3/t12-,13+,15-/m0/s1. The van der Waals surface area contributed by atoms with E-state index >= 15 is 0 Å². The molecule has 0 amide bonds. The van der Waals surface area contributed by atoms with Crippen LogP contribution in [0.25, 0.3) is 0 Å². The maximum absolute atomic E-state index is 11.4. The second-order valence-corrected chi connectivity index (χ2v) is 5.87. The molecule has 0 spiro atoms. The van der Waals surface area contributed by atoms with Crippen LogP contribution in [0.3, 0.4) is 0 Å². The average molecular weight is 234 g/mol. The zero-order valence-electron chi connectivity index (χ0n) is 11.0. The number of fused-ring (bicyclic) bond motifs is 1. The molecule has 1 aliphatic heterocycles. The summed E-state index contributed by atoms with van der Waals surface area (Å²) >= 11 is 0. The number of rotatable bonds is 3. The van der Waals surface area contributed by atoms with Gasteiger partial charge in [-0.05, 0) is 44.6 Å². The van der Waals surface area contributed by atoms with Crippen LogP contribution in [-0.4, -0.2) is 12.1 Å². The molecule has 2 heteroatoms. The first kappa shape index (κ1) is 12.4. The van der Waals surface area contributed by atoms with Gasteiger partial charge in [-0.1, -0.05) is 24.6 Å². The minimum atomic E-state index is -0.0278. The SMILES string of the molecule is CC(C)=CCC[C@@]1(C)CC=C[C@H]2OC(=O)C[C@@H]21. The summed E-state index contributed by atoms with van der Waals surface area (Å²) in [4.78, 5) is 11.4. The summed E-state index contributed by atoms with van der Waals surface area (Å²) in [7, 11) is 0. The molecule has 1 saturated heterocycles. The third kappa shape index (κ3) is 2.62. The smallest absolute Gasteiger partial charge is 0.306 e. The maximum atomic E-state index is 11.4. The van der Waals surface area contributed by atoms with Gasteiger partial charge >= 0.3 is 5.97 Å². The number of esters is 1. The van der Waals surface area contributed by atoms with E-state index in [1.165, 1.54) is 5.57 Å². The van der Waals surface area contributed by atoms with Gasteiger partial charge in [-0.25, -0.2) is 0 Å². The highest BCUT2D eigenvalue weighted by Gasteiger charge is 2.46. The minimum Gasteiger partial charge on any atom is -0.458 e. The van der Waals surface area contributed by atoms with Gasteiger partial charge in [-0.15, -0.1) is 0 Å². The van der Waals surface area contributed by atoms with Crippen LogP contribution in [0.5, 0.6) is 0 Å². The molecule has 2 nitrogen and oxygen atoms in total. The number of hydrogen-bond donors (Lipinski definition) is 0. The van der Waals surface area contributed by atoms with Crippen LogP contribution in [0.4, 0.5) is 0 Å². The molecule has 1 heterocycles. The summed E-state index contributed by atoms with van der Waals surface area (Å²) in [5.74, 6) is 0.352. The normalized spacial score (nSPS) is 35.4. The van der Waals surface area contributed by atoms with E-state index in [0.29, 0.717) is 12.3 Å². The molecule has 0 saturated carbocycles. The van der Waals surface area contributed by atoms with E-state index in [4.69, 9.17) is 4.74 Å². The lowest BCUT2D eigenvalue weighted by molar-refractivity contribution is -0.140. The van der Waals surface area contributed by atoms with Crippen molar-refractivity contribution in [2.75, 3.05) is 0 Å². The number of allylic oxidation sites excluding steroid dienone is 3. The molecule has 1 aliphatic carbocycles. The summed E-state index contributed by atoms with van der Waals surface area (Å²) in [6.45, 7) is 6.57. The zero-order valence-corrected chi connectivity index (χ0v) is 11.0. The van der Waals surface area contributed by atoms with Gasteiger partial charge in [0.05, 0.1) is 6.42 Å². The molecule has 0 bridgehead atoms. The molecule has 1 fully saturated rings. The Hall–Kier alpha value is -1.05. The molecule has 0 unspecified atom stereocenters. The maximum Gasteiger partial charge on any atom is 0.306 e. The quantitative estimate of drug-likeness (QED) is 0.550. The highest BCUT2D eigenvalue weighted by atomic mass is 16.5. The van der Waals surface area contributed by atoms with Crippen LogP contribution in [0, 0.1) is 11.3 Å². The van der Waals surface area contributed by atoms with Crippen LogP contribution in [-0.2, 0) is 9.53 Å². The Labute approximate surface area is 104 Å². The third-order valence-corrected chi connectivity index (χ3v) is 4.12. The highest BCUT2D eigenvalue weighted by Crippen LogP contribution is 2.47. The molecule has 2 rings (SSSR count). The monoisotopic (exact) mass is 234 g/mol. The lowest BCUT2D eigenvalue weighted by Crippen LogP contribution is -2.34. The first-order chi connectivity index (χ1) is 8.01. The molecule has 17 heavy (non-hydrogen) atoms. The fourth-order valence-electron chi connectivity index (χ4n) is 2.99. The molecule has 3 atom stereocenters. The number of ether oxygens (including phenoxy) is 1. The first-order valence-electron chi connectivity index (χ1n) is 6.51. The van der Waals surface area contributed by atoms with Crippen LogP contribution < -0.4 is 0 Å². The third-order valence-electron chi connectivity index (χ3n) is 4.12. The minimum absolute atomic E-state index is 0.0278. The summed E-state index contributed by atoms with van der Waals surface area (Å²) in [6.07, 6.45) is 10.5. The Bertz CT molecular complexity index is 363. The Morgan fingerprint density at radius 2 is 2.35 bits per heavy atom. The van der Waals surface area contributed by atoms with Crippen LogP contribution in [0.2, 0.25) is 0 Å². The van der Waals surface area contributed by atoms with Crippen molar-refractivity contribution < 1.29 is 9.53 Å². The Morgan fingerprint density at radius 3 is 3.06 bits per heavy atom. The van der Waals surface area contributed by atoms with Crippen molar-refractivity contribution in [1.29, 1.82) is 0 Å². The molecular formula is C15H22O2. The fraction of sp³-hybridized carbons (Fsp3) is 0.667. The van der Waals surface area contributed by atoms with Crippen molar-refractivity contribution in [3.05, 3.63) is 23.8 Å². The zero-order chi connectivity index (χ0) is 12.5. The Morgan fingerprint density at radius 1 is 1.59 bits per heavy atom. The van der Waals surface area contributed by atoms with Gasteiger partial charge in [0.15, 0.2) is 0 Å². The molecule has 0 N–H and O–H groups in total. The van der Waals surface area contributed by atoms with E-state index in [-0.39, 0.29) is 17.5 Å². The predicted octanol–water partition coefficient (Wildman–Crippen LogP) is 3.63. The van der Waals surface area contributed by atoms with E-state index < -0.39 is 0 Å². The first-order valence-corrected chi connectivity index (χ1v) is 6.51. The van der Waals surface area contributed by atoms with E-state index in [9.17, 15) is 4.79 Å². The van der Waals surface area contributed by atoms with Gasteiger partial charge in [0.2, 0.25) is 0 Å². The van der Waals surface area contributed by atoms with Gasteiger partial charge in [-0.2, -0.15) is 0 Å². The lowest BCUT2D eigenvalue weighted by atomic mass is 9.66. The van der Waals surface area contributed by atoms with E-state index in [1.54, 1.807) is 0 Å². The Balaban J connectivity index is 2.06. The van der Waals surface area contributed by atoms with Gasteiger partial charge in [0.25, 0.3) is 0 Å².